The van der Waals surface area contributed by atoms with Crippen LogP contribution in [0.15, 0.2) is 30.7 Å². The van der Waals surface area contributed by atoms with Crippen molar-refractivity contribution in [3.63, 3.8) is 0 Å². The molecule has 0 aliphatic heterocycles. The van der Waals surface area contributed by atoms with E-state index in [1.54, 1.807) is 25.6 Å². The van der Waals surface area contributed by atoms with E-state index in [4.69, 9.17) is 10.00 Å². The van der Waals surface area contributed by atoms with Crippen molar-refractivity contribution in [3.05, 3.63) is 47.5 Å². The first-order valence-corrected chi connectivity index (χ1v) is 9.29. The molecule has 1 aromatic carbocycles. The first-order chi connectivity index (χ1) is 13.4. The van der Waals surface area contributed by atoms with E-state index in [-0.39, 0.29) is 11.6 Å². The second-order valence-electron chi connectivity index (χ2n) is 7.08. The fourth-order valence-electron chi connectivity index (χ4n) is 3.84. The van der Waals surface area contributed by atoms with Crippen molar-refractivity contribution in [2.75, 3.05) is 19.0 Å². The number of nitrogens with one attached hydrogen (secondary N) is 1. The van der Waals surface area contributed by atoms with Crippen LogP contribution < -0.4 is 5.32 Å². The Morgan fingerprint density at radius 1 is 1.36 bits per heavy atom. The van der Waals surface area contributed by atoms with Crippen LogP contribution in [-0.2, 0) is 17.5 Å². The zero-order chi connectivity index (χ0) is 20.1. The molecular formula is C20H23F3N4O. The molecule has 28 heavy (non-hydrogen) atoms. The SMILES string of the molecule is COCCn1cncc1C1CCCC(Nc2ccc(C#N)c(C(F)(F)F)c2)C1. The molecule has 1 fully saturated rings. The Morgan fingerprint density at radius 2 is 2.18 bits per heavy atom. The lowest BCUT2D eigenvalue weighted by molar-refractivity contribution is -0.137. The third-order valence-electron chi connectivity index (χ3n) is 5.19. The van der Waals surface area contributed by atoms with Gasteiger partial charge in [-0.05, 0) is 37.5 Å². The average molecular weight is 392 g/mol. The largest absolute Gasteiger partial charge is 0.417 e. The zero-order valence-electron chi connectivity index (χ0n) is 15.7. The Kier molecular flexibility index (Phi) is 6.25. The van der Waals surface area contributed by atoms with Gasteiger partial charge in [0.25, 0.3) is 0 Å². The first kappa shape index (κ1) is 20.2. The average Bonchev–Trinajstić information content (AvgIpc) is 3.14. The summed E-state index contributed by atoms with van der Waals surface area (Å²) in [5.74, 6) is 0.297. The molecule has 0 amide bonds. The van der Waals surface area contributed by atoms with Crippen molar-refractivity contribution < 1.29 is 17.9 Å². The van der Waals surface area contributed by atoms with Crippen LogP contribution in [0.3, 0.4) is 0 Å². The molecule has 0 radical (unpaired) electrons. The van der Waals surface area contributed by atoms with Crippen LogP contribution in [0.1, 0.15) is 48.4 Å². The Morgan fingerprint density at radius 3 is 2.89 bits per heavy atom. The number of methoxy groups -OCH3 is 1. The summed E-state index contributed by atoms with van der Waals surface area (Å²) in [6.07, 6.45) is 2.84. The van der Waals surface area contributed by atoms with E-state index in [1.165, 1.54) is 6.07 Å². The molecule has 1 heterocycles. The monoisotopic (exact) mass is 392 g/mol. The summed E-state index contributed by atoms with van der Waals surface area (Å²) in [4.78, 5) is 4.25. The topological polar surface area (TPSA) is 62.9 Å². The second-order valence-corrected chi connectivity index (χ2v) is 7.08. The van der Waals surface area contributed by atoms with Gasteiger partial charge in [0.05, 0.1) is 30.1 Å². The molecule has 2 unspecified atom stereocenters. The summed E-state index contributed by atoms with van der Waals surface area (Å²) in [7, 11) is 1.66. The van der Waals surface area contributed by atoms with E-state index in [1.807, 2.05) is 6.20 Å². The quantitative estimate of drug-likeness (QED) is 0.783. The lowest BCUT2D eigenvalue weighted by Crippen LogP contribution is -2.27. The summed E-state index contributed by atoms with van der Waals surface area (Å²) in [5, 5.41) is 12.2. The molecule has 5 nitrogen and oxygen atoms in total. The summed E-state index contributed by atoms with van der Waals surface area (Å²) in [6, 6.07) is 5.48. The van der Waals surface area contributed by atoms with E-state index in [9.17, 15) is 13.2 Å². The standard InChI is InChI=1S/C20H23F3N4O/c1-28-8-7-27-13-25-12-19(27)14-3-2-4-16(9-14)26-17-6-5-15(11-24)18(10-17)20(21,22)23/h5-6,10,12-14,16,26H,2-4,7-9H2,1H3. The molecule has 1 saturated carbocycles. The Balaban J connectivity index is 1.72. The van der Waals surface area contributed by atoms with Gasteiger partial charge < -0.3 is 14.6 Å². The van der Waals surface area contributed by atoms with E-state index in [2.05, 4.69) is 14.9 Å². The highest BCUT2D eigenvalue weighted by molar-refractivity contribution is 5.53. The van der Waals surface area contributed by atoms with Gasteiger partial charge in [0, 0.05) is 43.2 Å². The number of halogens is 3. The highest BCUT2D eigenvalue weighted by atomic mass is 19.4. The lowest BCUT2D eigenvalue weighted by Gasteiger charge is -2.31. The number of benzene rings is 1. The molecule has 0 bridgehead atoms. The summed E-state index contributed by atoms with van der Waals surface area (Å²) in [5.41, 5.74) is 0.274. The van der Waals surface area contributed by atoms with Crippen LogP contribution in [0.25, 0.3) is 0 Å². The normalized spacial score (nSPS) is 20.0. The number of ether oxygens (including phenoxy) is 1. The van der Waals surface area contributed by atoms with Crippen LogP contribution in [0, 0.1) is 11.3 Å². The van der Waals surface area contributed by atoms with Crippen molar-refractivity contribution in [2.45, 2.75) is 50.4 Å². The minimum absolute atomic E-state index is 0.0681. The highest BCUT2D eigenvalue weighted by Crippen LogP contribution is 2.36. The smallest absolute Gasteiger partial charge is 0.383 e. The number of hydrogen-bond acceptors (Lipinski definition) is 4. The molecule has 3 rings (SSSR count). The number of nitriles is 1. The van der Waals surface area contributed by atoms with Gasteiger partial charge in [-0.15, -0.1) is 0 Å². The molecular weight excluding hydrogens is 369 g/mol. The minimum Gasteiger partial charge on any atom is -0.383 e. The zero-order valence-corrected chi connectivity index (χ0v) is 15.7. The number of alkyl halides is 3. The molecule has 2 aromatic rings. The number of aromatic nitrogens is 2. The van der Waals surface area contributed by atoms with Gasteiger partial charge in [-0.2, -0.15) is 18.4 Å². The van der Waals surface area contributed by atoms with Gasteiger partial charge >= 0.3 is 6.18 Å². The number of rotatable bonds is 6. The van der Waals surface area contributed by atoms with Gasteiger partial charge in [-0.3, -0.25) is 0 Å². The van der Waals surface area contributed by atoms with Crippen LogP contribution in [0.4, 0.5) is 18.9 Å². The summed E-state index contributed by atoms with van der Waals surface area (Å²) < 4.78 is 46.8. The Bertz CT molecular complexity index is 841. The van der Waals surface area contributed by atoms with Crippen LogP contribution in [0.2, 0.25) is 0 Å². The summed E-state index contributed by atoms with van der Waals surface area (Å²) in [6.45, 7) is 1.33. The van der Waals surface area contributed by atoms with Crippen molar-refractivity contribution in [1.82, 2.24) is 9.55 Å². The molecule has 0 spiro atoms. The first-order valence-electron chi connectivity index (χ1n) is 9.29. The van der Waals surface area contributed by atoms with Gasteiger partial charge in [-0.1, -0.05) is 6.42 Å². The van der Waals surface area contributed by atoms with Gasteiger partial charge in [0.1, 0.15) is 0 Å². The molecule has 2 atom stereocenters. The maximum atomic E-state index is 13.2. The van der Waals surface area contributed by atoms with E-state index in [0.29, 0.717) is 18.2 Å². The molecule has 150 valence electrons. The molecule has 1 aliphatic rings. The van der Waals surface area contributed by atoms with Crippen molar-refractivity contribution in [3.8, 4) is 6.07 Å². The Hall–Kier alpha value is -2.53. The number of imidazole rings is 1. The number of hydrogen-bond donors (Lipinski definition) is 1. The maximum Gasteiger partial charge on any atom is 0.417 e. The van der Waals surface area contributed by atoms with E-state index >= 15 is 0 Å². The van der Waals surface area contributed by atoms with Crippen LogP contribution >= 0.6 is 0 Å². The van der Waals surface area contributed by atoms with Gasteiger partial charge in [-0.25, -0.2) is 4.98 Å². The maximum absolute atomic E-state index is 13.2. The predicted octanol–water partition coefficient (Wildman–Crippen LogP) is 4.56. The van der Waals surface area contributed by atoms with E-state index in [0.717, 1.165) is 44.0 Å². The van der Waals surface area contributed by atoms with Gasteiger partial charge in [0.15, 0.2) is 0 Å². The fraction of sp³-hybridized carbons (Fsp3) is 0.500. The van der Waals surface area contributed by atoms with E-state index < -0.39 is 11.7 Å². The Labute approximate surface area is 162 Å². The molecule has 1 aromatic heterocycles. The van der Waals surface area contributed by atoms with Crippen LogP contribution in [0.5, 0.6) is 0 Å². The van der Waals surface area contributed by atoms with Crippen molar-refractivity contribution >= 4 is 5.69 Å². The predicted molar refractivity (Wildman–Crippen MR) is 98.9 cm³/mol. The third-order valence-corrected chi connectivity index (χ3v) is 5.19. The fourth-order valence-corrected chi connectivity index (χ4v) is 3.84. The third kappa shape index (κ3) is 4.65. The molecule has 0 saturated heterocycles. The molecule has 8 heteroatoms. The van der Waals surface area contributed by atoms with Crippen molar-refractivity contribution in [1.29, 1.82) is 5.26 Å². The molecule has 1 aliphatic carbocycles. The highest BCUT2D eigenvalue weighted by Gasteiger charge is 2.34. The number of anilines is 1. The second kappa shape index (κ2) is 8.65. The molecule has 1 N–H and O–H groups in total. The number of nitrogens with zero attached hydrogens (tertiary/aromatic N) is 3. The van der Waals surface area contributed by atoms with Crippen molar-refractivity contribution in [2.24, 2.45) is 0 Å². The van der Waals surface area contributed by atoms with Gasteiger partial charge in [0.2, 0.25) is 0 Å². The lowest BCUT2D eigenvalue weighted by atomic mass is 9.83. The van der Waals surface area contributed by atoms with Crippen LogP contribution in [-0.4, -0.2) is 29.3 Å². The summed E-state index contributed by atoms with van der Waals surface area (Å²) >= 11 is 0. The minimum atomic E-state index is -4.55.